The van der Waals surface area contributed by atoms with E-state index in [1.807, 2.05) is 24.3 Å². The topological polar surface area (TPSA) is 98.4 Å². The number of amides is 1. The van der Waals surface area contributed by atoms with Crippen LogP contribution in [-0.4, -0.2) is 42.4 Å². The van der Waals surface area contributed by atoms with Crippen molar-refractivity contribution in [2.24, 2.45) is 0 Å². The van der Waals surface area contributed by atoms with Crippen LogP contribution in [0.4, 0.5) is 5.95 Å². The Kier molecular flexibility index (Phi) is 5.02. The van der Waals surface area contributed by atoms with Crippen LogP contribution in [0.15, 0.2) is 42.5 Å². The molecule has 0 radical (unpaired) electrons. The summed E-state index contributed by atoms with van der Waals surface area (Å²) in [6.45, 7) is 0. The van der Waals surface area contributed by atoms with Crippen LogP contribution in [0.5, 0.6) is 17.2 Å². The Morgan fingerprint density at radius 3 is 2.35 bits per heavy atom. The van der Waals surface area contributed by atoms with Crippen LogP contribution in [0.1, 0.15) is 10.4 Å². The number of carbonyl (C=O) groups is 1. The van der Waals surface area contributed by atoms with Crippen LogP contribution < -0.4 is 19.5 Å². The van der Waals surface area contributed by atoms with E-state index >= 15 is 0 Å². The normalized spacial score (nSPS) is 10.3. The van der Waals surface area contributed by atoms with Gasteiger partial charge in [-0.3, -0.25) is 15.2 Å². The van der Waals surface area contributed by atoms with Crippen LogP contribution in [0, 0.1) is 0 Å². The molecule has 3 rings (SSSR count). The van der Waals surface area contributed by atoms with E-state index in [0.29, 0.717) is 22.9 Å². The smallest absolute Gasteiger partial charge is 0.258 e. The number of benzene rings is 2. The first-order valence-corrected chi connectivity index (χ1v) is 7.75. The molecule has 2 aromatic carbocycles. The van der Waals surface area contributed by atoms with Gasteiger partial charge in [-0.15, -0.1) is 5.10 Å². The number of methoxy groups -OCH3 is 3. The molecule has 0 saturated heterocycles. The molecule has 1 amide bonds. The number of rotatable bonds is 6. The Morgan fingerprint density at radius 1 is 0.962 bits per heavy atom. The van der Waals surface area contributed by atoms with Crippen molar-refractivity contribution in [1.29, 1.82) is 0 Å². The summed E-state index contributed by atoms with van der Waals surface area (Å²) in [5.74, 6) is 2.12. The van der Waals surface area contributed by atoms with Gasteiger partial charge in [0.25, 0.3) is 5.91 Å². The molecule has 0 atom stereocenters. The molecule has 1 aromatic heterocycles. The summed E-state index contributed by atoms with van der Waals surface area (Å²) in [4.78, 5) is 16.7. The van der Waals surface area contributed by atoms with E-state index < -0.39 is 0 Å². The highest BCUT2D eigenvalue weighted by atomic mass is 16.5. The number of ether oxygens (including phenoxy) is 3. The molecule has 0 saturated carbocycles. The average molecular weight is 354 g/mol. The van der Waals surface area contributed by atoms with Crippen molar-refractivity contribution in [3.05, 3.63) is 48.0 Å². The molecule has 8 nitrogen and oxygen atoms in total. The average Bonchev–Trinajstić information content (AvgIpc) is 3.15. The molecule has 134 valence electrons. The van der Waals surface area contributed by atoms with Crippen LogP contribution >= 0.6 is 0 Å². The van der Waals surface area contributed by atoms with E-state index in [-0.39, 0.29) is 11.9 Å². The number of anilines is 1. The number of nitrogens with zero attached hydrogens (tertiary/aromatic N) is 2. The lowest BCUT2D eigenvalue weighted by atomic mass is 10.2. The zero-order valence-corrected chi connectivity index (χ0v) is 14.6. The number of carbonyl (C=O) groups excluding carboxylic acids is 1. The van der Waals surface area contributed by atoms with Crippen LogP contribution in [0.3, 0.4) is 0 Å². The predicted molar refractivity (Wildman–Crippen MR) is 95.9 cm³/mol. The first kappa shape index (κ1) is 17.3. The number of aromatic amines is 1. The molecule has 2 N–H and O–H groups in total. The Morgan fingerprint density at radius 2 is 1.69 bits per heavy atom. The molecule has 26 heavy (non-hydrogen) atoms. The predicted octanol–water partition coefficient (Wildman–Crippen LogP) is 2.75. The summed E-state index contributed by atoms with van der Waals surface area (Å²) in [6.07, 6.45) is 0. The quantitative estimate of drug-likeness (QED) is 0.706. The fourth-order valence-electron chi connectivity index (χ4n) is 2.35. The summed E-state index contributed by atoms with van der Waals surface area (Å²) < 4.78 is 15.5. The lowest BCUT2D eigenvalue weighted by molar-refractivity contribution is 0.102. The highest BCUT2D eigenvalue weighted by Crippen LogP contribution is 2.28. The number of H-pyrrole nitrogens is 1. The van der Waals surface area contributed by atoms with E-state index in [9.17, 15) is 4.79 Å². The lowest BCUT2D eigenvalue weighted by Gasteiger charge is -2.08. The monoisotopic (exact) mass is 354 g/mol. The van der Waals surface area contributed by atoms with Crippen molar-refractivity contribution in [2.45, 2.75) is 0 Å². The third-order valence-corrected chi connectivity index (χ3v) is 3.72. The molecular weight excluding hydrogens is 336 g/mol. The standard InChI is InChI=1S/C18H18N4O4/c1-24-13-7-4-11(5-8-13)16-19-18(22-21-16)20-17(23)12-6-9-14(25-2)15(10-12)26-3/h4-10H,1-3H3,(H2,19,20,21,22,23). The van der Waals surface area contributed by atoms with E-state index in [0.717, 1.165) is 11.3 Å². The van der Waals surface area contributed by atoms with Crippen LogP contribution in [0.25, 0.3) is 11.4 Å². The van der Waals surface area contributed by atoms with Gasteiger partial charge in [0.1, 0.15) is 5.75 Å². The molecule has 3 aromatic rings. The van der Waals surface area contributed by atoms with E-state index in [2.05, 4.69) is 20.5 Å². The zero-order valence-electron chi connectivity index (χ0n) is 14.6. The van der Waals surface area contributed by atoms with E-state index in [1.54, 1.807) is 25.3 Å². The fourth-order valence-corrected chi connectivity index (χ4v) is 2.35. The highest BCUT2D eigenvalue weighted by molar-refractivity contribution is 6.03. The number of hydrogen-bond acceptors (Lipinski definition) is 6. The SMILES string of the molecule is COc1ccc(-c2nc(NC(=O)c3ccc(OC)c(OC)c3)n[nH]2)cc1. The van der Waals surface area contributed by atoms with Gasteiger partial charge in [0.2, 0.25) is 5.95 Å². The lowest BCUT2D eigenvalue weighted by Crippen LogP contribution is -2.13. The highest BCUT2D eigenvalue weighted by Gasteiger charge is 2.13. The molecule has 8 heteroatoms. The molecule has 0 bridgehead atoms. The molecule has 0 aliphatic carbocycles. The van der Waals surface area contributed by atoms with Gasteiger partial charge in [0.15, 0.2) is 17.3 Å². The fraction of sp³-hybridized carbons (Fsp3) is 0.167. The van der Waals surface area contributed by atoms with Crippen molar-refractivity contribution >= 4 is 11.9 Å². The molecule has 0 fully saturated rings. The third-order valence-electron chi connectivity index (χ3n) is 3.72. The van der Waals surface area contributed by atoms with Crippen molar-refractivity contribution in [3.8, 4) is 28.6 Å². The maximum Gasteiger partial charge on any atom is 0.258 e. The molecule has 0 aliphatic rings. The van der Waals surface area contributed by atoms with E-state index in [1.165, 1.54) is 14.2 Å². The van der Waals surface area contributed by atoms with Gasteiger partial charge in [-0.1, -0.05) is 0 Å². The summed E-state index contributed by atoms with van der Waals surface area (Å²) >= 11 is 0. The van der Waals surface area contributed by atoms with Gasteiger partial charge in [0.05, 0.1) is 21.3 Å². The zero-order chi connectivity index (χ0) is 18.5. The second-order valence-corrected chi connectivity index (χ2v) is 5.26. The minimum absolute atomic E-state index is 0.176. The van der Waals surface area contributed by atoms with Gasteiger partial charge in [0, 0.05) is 11.1 Å². The Bertz CT molecular complexity index is 906. The van der Waals surface area contributed by atoms with Gasteiger partial charge < -0.3 is 14.2 Å². The van der Waals surface area contributed by atoms with Crippen LogP contribution in [-0.2, 0) is 0 Å². The Labute approximate surface area is 150 Å². The molecule has 0 aliphatic heterocycles. The summed E-state index contributed by atoms with van der Waals surface area (Å²) in [5, 5.41) is 9.46. The maximum absolute atomic E-state index is 12.4. The maximum atomic E-state index is 12.4. The van der Waals surface area contributed by atoms with Crippen LogP contribution in [0.2, 0.25) is 0 Å². The number of aromatic nitrogens is 3. The van der Waals surface area contributed by atoms with Gasteiger partial charge >= 0.3 is 0 Å². The summed E-state index contributed by atoms with van der Waals surface area (Å²) in [5.41, 5.74) is 1.23. The minimum atomic E-state index is -0.355. The molecular formula is C18H18N4O4. The number of nitrogens with one attached hydrogen (secondary N) is 2. The van der Waals surface area contributed by atoms with Crippen molar-refractivity contribution in [3.63, 3.8) is 0 Å². The summed E-state index contributed by atoms with van der Waals surface area (Å²) in [6, 6.07) is 12.2. The van der Waals surface area contributed by atoms with Gasteiger partial charge in [-0.25, -0.2) is 0 Å². The van der Waals surface area contributed by atoms with Crippen molar-refractivity contribution in [2.75, 3.05) is 26.6 Å². The van der Waals surface area contributed by atoms with E-state index in [4.69, 9.17) is 14.2 Å². The van der Waals surface area contributed by atoms with Gasteiger partial charge in [-0.05, 0) is 42.5 Å². The number of hydrogen-bond donors (Lipinski definition) is 2. The van der Waals surface area contributed by atoms with Crippen molar-refractivity contribution < 1.29 is 19.0 Å². The summed E-state index contributed by atoms with van der Waals surface area (Å²) in [7, 11) is 4.65. The Hall–Kier alpha value is -3.55. The van der Waals surface area contributed by atoms with Crippen molar-refractivity contribution in [1.82, 2.24) is 15.2 Å². The van der Waals surface area contributed by atoms with Gasteiger partial charge in [-0.2, -0.15) is 4.98 Å². The first-order valence-electron chi connectivity index (χ1n) is 7.75. The molecule has 0 unspecified atom stereocenters. The molecule has 0 spiro atoms. The molecule has 1 heterocycles. The Balaban J connectivity index is 1.75. The minimum Gasteiger partial charge on any atom is -0.497 e. The third kappa shape index (κ3) is 3.59. The second kappa shape index (κ2) is 7.56. The first-order chi connectivity index (χ1) is 12.6. The second-order valence-electron chi connectivity index (χ2n) is 5.26. The largest absolute Gasteiger partial charge is 0.497 e.